The highest BCUT2D eigenvalue weighted by Crippen LogP contribution is 2.35. The standard InChI is InChI=1S/C21H15F6NO2/c1-29-16-8-2-13(3-9-16)12-30-17-10-18(28-19(11-17)21(25,26)27)14-4-6-15(7-5-14)20(22,23)24/h2-11H,12H2,1H3. The number of hydrogen-bond acceptors (Lipinski definition) is 3. The van der Waals surface area contributed by atoms with Crippen LogP contribution in [0.2, 0.25) is 0 Å². The summed E-state index contributed by atoms with van der Waals surface area (Å²) in [6.45, 7) is -0.0161. The van der Waals surface area contributed by atoms with Gasteiger partial charge in [-0.3, -0.25) is 0 Å². The van der Waals surface area contributed by atoms with E-state index in [1.54, 1.807) is 24.3 Å². The van der Waals surface area contributed by atoms with E-state index in [9.17, 15) is 26.3 Å². The predicted octanol–water partition coefficient (Wildman–Crippen LogP) is 6.37. The Balaban J connectivity index is 1.90. The van der Waals surface area contributed by atoms with Crippen molar-refractivity contribution in [3.05, 3.63) is 77.5 Å². The molecule has 0 aliphatic rings. The molecule has 0 amide bonds. The Morgan fingerprint density at radius 3 is 1.93 bits per heavy atom. The maximum atomic E-state index is 13.2. The lowest BCUT2D eigenvalue weighted by Crippen LogP contribution is -2.09. The molecule has 0 spiro atoms. The minimum absolute atomic E-state index is 0.0161. The first kappa shape index (κ1) is 21.5. The van der Waals surface area contributed by atoms with E-state index in [0.717, 1.165) is 30.3 Å². The summed E-state index contributed by atoms with van der Waals surface area (Å²) in [5.74, 6) is 0.509. The molecule has 0 saturated carbocycles. The number of pyridine rings is 1. The van der Waals surface area contributed by atoms with Crippen molar-refractivity contribution in [1.29, 1.82) is 0 Å². The van der Waals surface area contributed by atoms with Gasteiger partial charge in [-0.1, -0.05) is 24.3 Å². The Labute approximate surface area is 167 Å². The zero-order valence-corrected chi connectivity index (χ0v) is 15.5. The van der Waals surface area contributed by atoms with E-state index < -0.39 is 23.6 Å². The van der Waals surface area contributed by atoms with E-state index in [1.807, 2.05) is 0 Å². The Bertz CT molecular complexity index is 996. The number of rotatable bonds is 5. The number of methoxy groups -OCH3 is 1. The van der Waals surface area contributed by atoms with Crippen LogP contribution < -0.4 is 9.47 Å². The highest BCUT2D eigenvalue weighted by Gasteiger charge is 2.34. The number of alkyl halides is 6. The van der Waals surface area contributed by atoms with Crippen LogP contribution in [0.3, 0.4) is 0 Å². The van der Waals surface area contributed by atoms with Crippen LogP contribution in [0.25, 0.3) is 11.3 Å². The Hall–Kier alpha value is -3.23. The summed E-state index contributed by atoms with van der Waals surface area (Å²) >= 11 is 0. The molecule has 0 saturated heterocycles. The molecule has 0 radical (unpaired) electrons. The van der Waals surface area contributed by atoms with E-state index in [4.69, 9.17) is 9.47 Å². The molecule has 158 valence electrons. The smallest absolute Gasteiger partial charge is 0.433 e. The fourth-order valence-electron chi connectivity index (χ4n) is 2.60. The summed E-state index contributed by atoms with van der Waals surface area (Å²) < 4.78 is 88.4. The van der Waals surface area contributed by atoms with Crippen LogP contribution in [0.4, 0.5) is 26.3 Å². The van der Waals surface area contributed by atoms with Crippen molar-refractivity contribution in [2.45, 2.75) is 19.0 Å². The van der Waals surface area contributed by atoms with Gasteiger partial charge in [0.15, 0.2) is 0 Å². The van der Waals surface area contributed by atoms with Crippen LogP contribution in [-0.2, 0) is 19.0 Å². The summed E-state index contributed by atoms with van der Waals surface area (Å²) in [6.07, 6.45) is -9.30. The number of aromatic nitrogens is 1. The highest BCUT2D eigenvalue weighted by atomic mass is 19.4. The van der Waals surface area contributed by atoms with Gasteiger partial charge in [-0.2, -0.15) is 26.3 Å². The average molecular weight is 427 g/mol. The first-order valence-corrected chi connectivity index (χ1v) is 8.59. The lowest BCUT2D eigenvalue weighted by molar-refractivity contribution is -0.141. The maximum absolute atomic E-state index is 13.2. The highest BCUT2D eigenvalue weighted by molar-refractivity contribution is 5.62. The second-order valence-electron chi connectivity index (χ2n) is 6.28. The third kappa shape index (κ3) is 5.22. The molecule has 1 heterocycles. The molecule has 0 bridgehead atoms. The van der Waals surface area contributed by atoms with E-state index >= 15 is 0 Å². The second-order valence-corrected chi connectivity index (χ2v) is 6.28. The van der Waals surface area contributed by atoms with Gasteiger partial charge in [-0.25, -0.2) is 4.98 Å². The summed E-state index contributed by atoms with van der Waals surface area (Å²) in [5.41, 5.74) is -1.47. The molecular formula is C21H15F6NO2. The normalized spacial score (nSPS) is 12.0. The molecule has 0 N–H and O–H groups in total. The minimum atomic E-state index is -4.75. The summed E-state index contributed by atoms with van der Waals surface area (Å²) in [7, 11) is 1.50. The molecule has 0 aliphatic heterocycles. The Morgan fingerprint density at radius 2 is 1.40 bits per heavy atom. The monoisotopic (exact) mass is 427 g/mol. The molecule has 3 nitrogen and oxygen atoms in total. The molecule has 2 aromatic carbocycles. The van der Waals surface area contributed by atoms with Gasteiger partial charge in [-0.05, 0) is 29.8 Å². The Morgan fingerprint density at radius 1 is 0.767 bits per heavy atom. The molecule has 30 heavy (non-hydrogen) atoms. The van der Waals surface area contributed by atoms with E-state index in [0.29, 0.717) is 11.3 Å². The van der Waals surface area contributed by atoms with Gasteiger partial charge in [-0.15, -0.1) is 0 Å². The first-order valence-electron chi connectivity index (χ1n) is 8.59. The van der Waals surface area contributed by atoms with Crippen molar-refractivity contribution < 1.29 is 35.8 Å². The van der Waals surface area contributed by atoms with Crippen LogP contribution >= 0.6 is 0 Å². The quantitative estimate of drug-likeness (QED) is 0.443. The number of halogens is 6. The van der Waals surface area contributed by atoms with Gasteiger partial charge in [0.1, 0.15) is 23.8 Å². The summed E-state index contributed by atoms with van der Waals surface area (Å²) in [4.78, 5) is 3.54. The van der Waals surface area contributed by atoms with Crippen molar-refractivity contribution in [1.82, 2.24) is 4.98 Å². The van der Waals surface area contributed by atoms with Crippen LogP contribution in [0.1, 0.15) is 16.8 Å². The first-order chi connectivity index (χ1) is 14.1. The Kier molecular flexibility index (Phi) is 5.91. The van der Waals surface area contributed by atoms with Gasteiger partial charge in [0.05, 0.1) is 18.4 Å². The molecule has 1 aromatic heterocycles. The number of ether oxygens (including phenoxy) is 2. The van der Waals surface area contributed by atoms with Gasteiger partial charge in [0, 0.05) is 17.7 Å². The third-order valence-corrected chi connectivity index (χ3v) is 4.16. The van der Waals surface area contributed by atoms with E-state index in [2.05, 4.69) is 4.98 Å². The van der Waals surface area contributed by atoms with Crippen molar-refractivity contribution in [3.63, 3.8) is 0 Å². The van der Waals surface area contributed by atoms with Crippen LogP contribution in [-0.4, -0.2) is 12.1 Å². The lowest BCUT2D eigenvalue weighted by atomic mass is 10.1. The van der Waals surface area contributed by atoms with Crippen molar-refractivity contribution in [2.75, 3.05) is 7.11 Å². The SMILES string of the molecule is COc1ccc(COc2cc(-c3ccc(C(F)(F)F)cc3)nc(C(F)(F)F)c2)cc1. The molecular weight excluding hydrogens is 412 g/mol. The molecule has 9 heteroatoms. The number of nitrogens with zero attached hydrogens (tertiary/aromatic N) is 1. The van der Waals surface area contributed by atoms with Crippen LogP contribution in [0, 0.1) is 0 Å². The van der Waals surface area contributed by atoms with Gasteiger partial charge in [0.2, 0.25) is 0 Å². The van der Waals surface area contributed by atoms with E-state index in [-0.39, 0.29) is 23.6 Å². The molecule has 0 aliphatic carbocycles. The molecule has 3 aromatic rings. The molecule has 0 fully saturated rings. The zero-order chi connectivity index (χ0) is 21.9. The third-order valence-electron chi connectivity index (χ3n) is 4.16. The summed E-state index contributed by atoms with van der Waals surface area (Å²) in [5, 5.41) is 0. The van der Waals surface area contributed by atoms with Gasteiger partial charge >= 0.3 is 12.4 Å². The fraction of sp³-hybridized carbons (Fsp3) is 0.190. The number of hydrogen-bond donors (Lipinski definition) is 0. The van der Waals surface area contributed by atoms with Crippen LogP contribution in [0.15, 0.2) is 60.7 Å². The molecule has 3 rings (SSSR count). The fourth-order valence-corrected chi connectivity index (χ4v) is 2.60. The van der Waals surface area contributed by atoms with Gasteiger partial charge in [0.25, 0.3) is 0 Å². The van der Waals surface area contributed by atoms with Crippen molar-refractivity contribution in [3.8, 4) is 22.8 Å². The molecule has 0 atom stereocenters. The van der Waals surface area contributed by atoms with Crippen molar-refractivity contribution in [2.24, 2.45) is 0 Å². The minimum Gasteiger partial charge on any atom is -0.497 e. The number of benzene rings is 2. The zero-order valence-electron chi connectivity index (χ0n) is 15.5. The maximum Gasteiger partial charge on any atom is 0.433 e. The lowest BCUT2D eigenvalue weighted by Gasteiger charge is -2.13. The summed E-state index contributed by atoms with van der Waals surface area (Å²) in [6, 6.07) is 12.5. The predicted molar refractivity (Wildman–Crippen MR) is 97.0 cm³/mol. The molecule has 0 unspecified atom stereocenters. The van der Waals surface area contributed by atoms with Gasteiger partial charge < -0.3 is 9.47 Å². The second kappa shape index (κ2) is 8.25. The topological polar surface area (TPSA) is 31.4 Å². The average Bonchev–Trinajstić information content (AvgIpc) is 2.71. The van der Waals surface area contributed by atoms with E-state index in [1.165, 1.54) is 13.2 Å². The van der Waals surface area contributed by atoms with Crippen LogP contribution in [0.5, 0.6) is 11.5 Å². The van der Waals surface area contributed by atoms with Crippen molar-refractivity contribution >= 4 is 0 Å². The largest absolute Gasteiger partial charge is 0.497 e.